The smallest absolute Gasteiger partial charge is 0.222 e. The first-order chi connectivity index (χ1) is 17.9. The van der Waals surface area contributed by atoms with Gasteiger partial charge in [-0.2, -0.15) is 0 Å². The highest BCUT2D eigenvalue weighted by Crippen LogP contribution is 2.36. The van der Waals surface area contributed by atoms with Crippen LogP contribution in [0.3, 0.4) is 0 Å². The van der Waals surface area contributed by atoms with E-state index >= 15 is 0 Å². The van der Waals surface area contributed by atoms with Crippen LogP contribution in [0.2, 0.25) is 0 Å². The van der Waals surface area contributed by atoms with Gasteiger partial charge in [-0.3, -0.25) is 4.57 Å². The maximum absolute atomic E-state index is 11.0. The molecule has 1 aliphatic rings. The number of aliphatic hydroxyl groups excluding tert-OH is 2. The molecule has 0 aliphatic carbocycles. The van der Waals surface area contributed by atoms with E-state index in [1.54, 1.807) is 11.5 Å². The molecule has 4 rings (SSSR count). The van der Waals surface area contributed by atoms with Gasteiger partial charge in [0.1, 0.15) is 37.1 Å². The van der Waals surface area contributed by atoms with Crippen LogP contribution >= 0.6 is 0 Å². The van der Waals surface area contributed by atoms with E-state index in [0.717, 1.165) is 24.9 Å². The summed E-state index contributed by atoms with van der Waals surface area (Å²) in [5.74, 6) is 1.26. The fraction of sp³-hybridized carbons (Fsp3) is 0.520. The molecule has 1 aliphatic heterocycles. The number of hydrogen-bond donors (Lipinski definition) is 3. The fourth-order valence-corrected chi connectivity index (χ4v) is 4.37. The fourth-order valence-electron chi connectivity index (χ4n) is 4.37. The Morgan fingerprint density at radius 2 is 1.97 bits per heavy atom. The van der Waals surface area contributed by atoms with Crippen LogP contribution in [0.4, 0.5) is 5.82 Å². The standard InChI is InChI=1S/C25H35N7O5/c1-4-35-16(2)30-36-13-9-8-12-31(3)14-18-20(33)21(34)25(37-18)32-23(17-10-6-5-7-11-17)29-19-22(26)27-15-28-24(19)32/h5-7,10-11,15,18,20-21,25,33-34H,4,8-9,12-14H2,1-3H3,(H2,26,27,28)/t18-,20-,21-,25-/m1/s1. The monoisotopic (exact) mass is 513 g/mol. The predicted molar refractivity (Wildman–Crippen MR) is 139 cm³/mol. The van der Waals surface area contributed by atoms with Gasteiger partial charge >= 0.3 is 0 Å². The van der Waals surface area contributed by atoms with E-state index < -0.39 is 24.5 Å². The molecule has 1 aromatic carbocycles. The summed E-state index contributed by atoms with van der Waals surface area (Å²) < 4.78 is 13.1. The Morgan fingerprint density at radius 3 is 2.73 bits per heavy atom. The summed E-state index contributed by atoms with van der Waals surface area (Å²) in [5.41, 5.74) is 7.71. The number of benzene rings is 1. The van der Waals surface area contributed by atoms with Gasteiger partial charge < -0.3 is 35.2 Å². The lowest BCUT2D eigenvalue weighted by Crippen LogP contribution is -2.38. The van der Waals surface area contributed by atoms with Gasteiger partial charge in [-0.1, -0.05) is 35.5 Å². The Morgan fingerprint density at radius 1 is 1.19 bits per heavy atom. The third-order valence-corrected chi connectivity index (χ3v) is 6.19. The molecule has 1 fully saturated rings. The summed E-state index contributed by atoms with van der Waals surface area (Å²) in [4.78, 5) is 20.4. The SMILES string of the molecule is CCOC(C)=NOCCCCN(C)C[C@H]1O[C@@H](n2c(-c3ccccc3)nc3c(N)ncnc32)[C@H](O)[C@@H]1O. The molecule has 3 heterocycles. The average molecular weight is 514 g/mol. The van der Waals surface area contributed by atoms with Crippen molar-refractivity contribution in [1.82, 2.24) is 24.4 Å². The summed E-state index contributed by atoms with van der Waals surface area (Å²) in [7, 11) is 1.95. The molecule has 37 heavy (non-hydrogen) atoms. The van der Waals surface area contributed by atoms with Gasteiger partial charge in [0.05, 0.1) is 6.61 Å². The first-order valence-electron chi connectivity index (χ1n) is 12.4. The molecule has 12 heteroatoms. The first kappa shape index (κ1) is 26.7. The Balaban J connectivity index is 1.42. The van der Waals surface area contributed by atoms with E-state index in [9.17, 15) is 10.2 Å². The number of nitrogens with zero attached hydrogens (tertiary/aromatic N) is 6. The molecule has 200 valence electrons. The van der Waals surface area contributed by atoms with E-state index in [1.807, 2.05) is 44.3 Å². The molecular weight excluding hydrogens is 478 g/mol. The number of imidazole rings is 1. The summed E-state index contributed by atoms with van der Waals surface area (Å²) in [6.07, 6.45) is -0.755. The number of nitrogens with two attached hydrogens (primary N) is 1. The molecule has 0 radical (unpaired) electrons. The molecule has 3 aromatic rings. The number of unbranched alkanes of at least 4 members (excludes halogenated alkanes) is 1. The number of fused-ring (bicyclic) bond motifs is 1. The first-order valence-corrected chi connectivity index (χ1v) is 12.4. The highest BCUT2D eigenvalue weighted by Gasteiger charge is 2.45. The second-order valence-electron chi connectivity index (χ2n) is 8.99. The van der Waals surface area contributed by atoms with Crippen molar-refractivity contribution in [3.63, 3.8) is 0 Å². The topological polar surface area (TPSA) is 153 Å². The molecule has 0 saturated carbocycles. The van der Waals surface area contributed by atoms with Crippen LogP contribution in [0.1, 0.15) is 32.9 Å². The molecule has 0 spiro atoms. The summed E-state index contributed by atoms with van der Waals surface area (Å²) in [6, 6.07) is 9.49. The van der Waals surface area contributed by atoms with Crippen LogP contribution in [0, 0.1) is 0 Å². The van der Waals surface area contributed by atoms with Crippen LogP contribution in [-0.4, -0.2) is 92.2 Å². The van der Waals surface area contributed by atoms with Gasteiger partial charge in [0.2, 0.25) is 5.90 Å². The summed E-state index contributed by atoms with van der Waals surface area (Å²) in [5, 5.41) is 25.8. The maximum atomic E-state index is 11.0. The predicted octanol–water partition coefficient (Wildman–Crippen LogP) is 1.79. The second-order valence-corrected chi connectivity index (χ2v) is 8.99. The molecule has 0 bridgehead atoms. The van der Waals surface area contributed by atoms with Gasteiger partial charge in [0.15, 0.2) is 23.2 Å². The number of anilines is 1. The van der Waals surface area contributed by atoms with Crippen molar-refractivity contribution in [2.24, 2.45) is 5.16 Å². The molecule has 2 aromatic heterocycles. The van der Waals surface area contributed by atoms with E-state index in [0.29, 0.717) is 42.6 Å². The minimum atomic E-state index is -1.19. The molecule has 0 unspecified atom stereocenters. The molecular formula is C25H35N7O5. The van der Waals surface area contributed by atoms with Crippen molar-refractivity contribution in [2.45, 2.75) is 51.2 Å². The van der Waals surface area contributed by atoms with Gasteiger partial charge in [-0.05, 0) is 33.4 Å². The van der Waals surface area contributed by atoms with Gasteiger partial charge in [0, 0.05) is 19.0 Å². The number of hydrogen-bond acceptors (Lipinski definition) is 11. The molecule has 0 amide bonds. The van der Waals surface area contributed by atoms with Crippen molar-refractivity contribution < 1.29 is 24.5 Å². The normalized spacial score (nSPS) is 22.2. The highest BCUT2D eigenvalue weighted by atomic mass is 16.6. The van der Waals surface area contributed by atoms with E-state index in [4.69, 9.17) is 20.0 Å². The molecule has 4 N–H and O–H groups in total. The molecule has 4 atom stereocenters. The Labute approximate surface area is 215 Å². The lowest BCUT2D eigenvalue weighted by molar-refractivity contribution is -0.0414. The summed E-state index contributed by atoms with van der Waals surface area (Å²) in [6.45, 7) is 5.89. The molecule has 1 saturated heterocycles. The Kier molecular flexibility index (Phi) is 8.87. The zero-order chi connectivity index (χ0) is 26.4. The number of rotatable bonds is 11. The minimum Gasteiger partial charge on any atom is -0.479 e. The number of aromatic nitrogens is 4. The second kappa shape index (κ2) is 12.3. The van der Waals surface area contributed by atoms with Crippen molar-refractivity contribution in [3.8, 4) is 11.4 Å². The zero-order valence-electron chi connectivity index (χ0n) is 21.4. The van der Waals surface area contributed by atoms with Crippen molar-refractivity contribution in [3.05, 3.63) is 36.7 Å². The summed E-state index contributed by atoms with van der Waals surface area (Å²) >= 11 is 0. The van der Waals surface area contributed by atoms with E-state index in [-0.39, 0.29) is 5.82 Å². The third kappa shape index (κ3) is 6.16. The van der Waals surface area contributed by atoms with Crippen LogP contribution in [-0.2, 0) is 14.3 Å². The number of ether oxygens (including phenoxy) is 2. The Hall–Kier alpha value is -3.32. The number of nitrogen functional groups attached to an aromatic ring is 1. The van der Waals surface area contributed by atoms with Crippen LogP contribution in [0.25, 0.3) is 22.6 Å². The number of oxime groups is 1. The number of aliphatic hydroxyl groups is 2. The van der Waals surface area contributed by atoms with Gasteiger partial charge in [0.25, 0.3) is 0 Å². The van der Waals surface area contributed by atoms with Crippen molar-refractivity contribution >= 4 is 22.9 Å². The van der Waals surface area contributed by atoms with Crippen molar-refractivity contribution in [2.75, 3.05) is 39.1 Å². The minimum absolute atomic E-state index is 0.230. The van der Waals surface area contributed by atoms with E-state index in [2.05, 4.69) is 25.0 Å². The third-order valence-electron chi connectivity index (χ3n) is 6.19. The lowest BCUT2D eigenvalue weighted by atomic mass is 10.1. The number of likely N-dealkylation sites (N-methyl/N-ethyl adjacent to an activating group) is 1. The highest BCUT2D eigenvalue weighted by molar-refractivity contribution is 5.85. The van der Waals surface area contributed by atoms with Gasteiger partial charge in [-0.25, -0.2) is 15.0 Å². The van der Waals surface area contributed by atoms with E-state index in [1.165, 1.54) is 6.33 Å². The van der Waals surface area contributed by atoms with Crippen molar-refractivity contribution in [1.29, 1.82) is 0 Å². The van der Waals surface area contributed by atoms with Crippen LogP contribution in [0.15, 0.2) is 41.8 Å². The largest absolute Gasteiger partial charge is 0.479 e. The Bertz CT molecular complexity index is 1190. The lowest BCUT2D eigenvalue weighted by Gasteiger charge is -2.23. The van der Waals surface area contributed by atoms with Crippen LogP contribution in [0.5, 0.6) is 0 Å². The van der Waals surface area contributed by atoms with Gasteiger partial charge in [-0.15, -0.1) is 0 Å². The van der Waals surface area contributed by atoms with Crippen LogP contribution < -0.4 is 5.73 Å². The maximum Gasteiger partial charge on any atom is 0.222 e. The molecule has 12 nitrogen and oxygen atoms in total. The zero-order valence-corrected chi connectivity index (χ0v) is 21.4. The average Bonchev–Trinajstić information content (AvgIpc) is 3.40. The quantitative estimate of drug-likeness (QED) is 0.150.